The fourth-order valence-corrected chi connectivity index (χ4v) is 3.00. The molecule has 0 aromatic rings. The molecule has 0 aliphatic carbocycles. The molecule has 4 nitrogen and oxygen atoms in total. The second-order valence-electron chi connectivity index (χ2n) is 5.43. The number of hydrogen-bond donors (Lipinski definition) is 3. The molecule has 0 fully saturated rings. The van der Waals surface area contributed by atoms with Crippen molar-refractivity contribution >= 4 is 17.2 Å². The Hall–Kier alpha value is -0.940. The van der Waals surface area contributed by atoms with Crippen LogP contribution in [-0.4, -0.2) is 24.3 Å². The Kier molecular flexibility index (Phi) is 5.28. The molecule has 0 aromatic heterocycles. The van der Waals surface area contributed by atoms with Gasteiger partial charge >= 0.3 is 6.09 Å². The quantitative estimate of drug-likeness (QED) is 0.690. The van der Waals surface area contributed by atoms with Gasteiger partial charge in [0.1, 0.15) is 5.60 Å². The van der Waals surface area contributed by atoms with Crippen molar-refractivity contribution in [3.05, 3.63) is 22.5 Å². The summed E-state index contributed by atoms with van der Waals surface area (Å²) in [5.41, 5.74) is -0.450. The van der Waals surface area contributed by atoms with Crippen LogP contribution in [0.25, 0.3) is 0 Å². The summed E-state index contributed by atoms with van der Waals surface area (Å²) in [6, 6.07) is 0.0455. The van der Waals surface area contributed by atoms with E-state index in [-0.39, 0.29) is 23.2 Å². The van der Waals surface area contributed by atoms with Crippen LogP contribution in [0.2, 0.25) is 0 Å². The number of allylic oxidation sites excluding steroid dienone is 3. The van der Waals surface area contributed by atoms with E-state index in [1.165, 1.54) is 4.91 Å². The molecule has 1 aliphatic rings. The van der Waals surface area contributed by atoms with Gasteiger partial charge in [-0.3, -0.25) is 4.72 Å². The highest BCUT2D eigenvalue weighted by Gasteiger charge is 2.17. The largest absolute Gasteiger partial charge is 0.444 e. The third kappa shape index (κ3) is 5.60. The highest BCUT2D eigenvalue weighted by atomic mass is 32.2. The van der Waals surface area contributed by atoms with Crippen LogP contribution in [0.1, 0.15) is 34.6 Å². The summed E-state index contributed by atoms with van der Waals surface area (Å²) in [5, 5.41) is 4.99. The van der Waals surface area contributed by atoms with Gasteiger partial charge in [-0.2, -0.15) is 11.1 Å². The Morgan fingerprint density at radius 1 is 1.50 bits per heavy atom. The minimum atomic E-state index is -0.450. The molecule has 5 heteroatoms. The summed E-state index contributed by atoms with van der Waals surface area (Å²) < 4.78 is 8.64. The van der Waals surface area contributed by atoms with Crippen LogP contribution >= 0.6 is 11.1 Å². The third-order valence-electron chi connectivity index (χ3n) is 2.28. The smallest absolute Gasteiger partial charge is 0.407 e. The Morgan fingerprint density at radius 2 is 2.17 bits per heavy atom. The van der Waals surface area contributed by atoms with E-state index in [2.05, 4.69) is 34.5 Å². The van der Waals surface area contributed by atoms with Crippen molar-refractivity contribution in [2.75, 3.05) is 6.54 Å². The van der Waals surface area contributed by atoms with Gasteiger partial charge in [0.05, 0.1) is 0 Å². The number of carbonyl (C=O) groups is 1. The monoisotopic (exact) mass is 272 g/mol. The molecule has 0 saturated heterocycles. The van der Waals surface area contributed by atoms with Gasteiger partial charge in [0, 0.05) is 12.6 Å². The first-order chi connectivity index (χ1) is 8.28. The fraction of sp³-hybridized carbons (Fsp3) is 0.615. The number of rotatable bonds is 4. The third-order valence-corrected chi connectivity index (χ3v) is 4.19. The van der Waals surface area contributed by atoms with Crippen LogP contribution in [0.5, 0.6) is 0 Å². The van der Waals surface area contributed by atoms with Crippen molar-refractivity contribution in [1.29, 1.82) is 0 Å². The molecule has 1 rings (SSSR count). The van der Waals surface area contributed by atoms with Crippen molar-refractivity contribution in [3.63, 3.8) is 0 Å². The van der Waals surface area contributed by atoms with Crippen LogP contribution in [0.4, 0.5) is 4.79 Å². The summed E-state index contributed by atoms with van der Waals surface area (Å²) in [6.07, 6.45) is 3.82. The molecule has 2 atom stereocenters. The van der Waals surface area contributed by atoms with Crippen molar-refractivity contribution in [2.45, 2.75) is 46.3 Å². The zero-order chi connectivity index (χ0) is 13.8. The second-order valence-corrected chi connectivity index (χ2v) is 7.49. The van der Waals surface area contributed by atoms with E-state index >= 15 is 0 Å². The number of ether oxygens (including phenoxy) is 1. The van der Waals surface area contributed by atoms with E-state index in [4.69, 9.17) is 4.74 Å². The number of alkyl carbamates (subject to hydrolysis) is 1. The van der Waals surface area contributed by atoms with Gasteiger partial charge < -0.3 is 10.1 Å². The molecule has 2 N–H and O–H groups in total. The zero-order valence-corrected chi connectivity index (χ0v) is 12.7. The molecule has 1 heterocycles. The van der Waals surface area contributed by atoms with Gasteiger partial charge in [-0.1, -0.05) is 12.2 Å². The van der Waals surface area contributed by atoms with Crippen LogP contribution in [-0.2, 0) is 4.74 Å². The van der Waals surface area contributed by atoms with Gasteiger partial charge in [-0.05, 0) is 44.9 Å². The fourth-order valence-electron chi connectivity index (χ4n) is 1.44. The molecule has 18 heavy (non-hydrogen) atoms. The number of amides is 1. The minimum absolute atomic E-state index is 0.0455. The molecular formula is C13H24N2O2S. The van der Waals surface area contributed by atoms with Crippen molar-refractivity contribution in [1.82, 2.24) is 10.0 Å². The molecule has 0 aromatic carbocycles. The standard InChI is InChI=1S/C13H24N2O2S/c1-10(15-12(16)17-13(3,4)5)9-14-18-8-6-7-11(18)2/h6-8,10,14,18H,9H2,1-5H3,(H,15,16)/t10-/m1/s1. The topological polar surface area (TPSA) is 50.4 Å². The summed E-state index contributed by atoms with van der Waals surface area (Å²) in [6.45, 7) is 10.4. The average molecular weight is 272 g/mol. The molecule has 1 amide bonds. The van der Waals surface area contributed by atoms with E-state index in [0.717, 1.165) is 6.54 Å². The molecule has 0 saturated carbocycles. The Balaban J connectivity index is 2.25. The maximum absolute atomic E-state index is 11.5. The van der Waals surface area contributed by atoms with E-state index in [1.807, 2.05) is 27.7 Å². The Labute approximate surface area is 112 Å². The van der Waals surface area contributed by atoms with Crippen molar-refractivity contribution in [3.8, 4) is 0 Å². The van der Waals surface area contributed by atoms with Crippen LogP contribution in [0, 0.1) is 0 Å². The van der Waals surface area contributed by atoms with Gasteiger partial charge in [0.15, 0.2) is 0 Å². The first-order valence-electron chi connectivity index (χ1n) is 6.15. The number of thiol groups is 1. The molecule has 1 unspecified atom stereocenters. The Bertz CT molecular complexity index is 358. The molecule has 0 spiro atoms. The lowest BCUT2D eigenvalue weighted by Crippen LogP contribution is -2.41. The first kappa shape index (κ1) is 15.1. The second kappa shape index (κ2) is 6.29. The van der Waals surface area contributed by atoms with Gasteiger partial charge in [-0.15, -0.1) is 0 Å². The minimum Gasteiger partial charge on any atom is -0.444 e. The normalized spacial score (nSPS) is 22.5. The number of carbonyl (C=O) groups excluding carboxylic acids is 1. The average Bonchev–Trinajstić information content (AvgIpc) is 2.57. The highest BCUT2D eigenvalue weighted by molar-refractivity contribution is 8.21. The zero-order valence-electron chi connectivity index (χ0n) is 11.8. The van der Waals surface area contributed by atoms with Crippen LogP contribution in [0.3, 0.4) is 0 Å². The maximum atomic E-state index is 11.5. The first-order valence-corrected chi connectivity index (χ1v) is 7.56. The lowest BCUT2D eigenvalue weighted by atomic mass is 10.2. The summed E-state index contributed by atoms with van der Waals surface area (Å²) in [4.78, 5) is 12.9. The molecule has 104 valence electrons. The van der Waals surface area contributed by atoms with E-state index < -0.39 is 5.60 Å². The SMILES string of the molecule is CC1=CC=C[SH]1NC[C@@H](C)NC(=O)OC(C)(C)C. The van der Waals surface area contributed by atoms with Gasteiger partial charge in [0.25, 0.3) is 0 Å². The predicted octanol–water partition coefficient (Wildman–Crippen LogP) is 2.84. The molecule has 0 bridgehead atoms. The Morgan fingerprint density at radius 3 is 2.67 bits per heavy atom. The van der Waals surface area contributed by atoms with Gasteiger partial charge in [0.2, 0.25) is 0 Å². The lowest BCUT2D eigenvalue weighted by molar-refractivity contribution is 0.0509. The summed E-state index contributed by atoms with van der Waals surface area (Å²) in [5.74, 6) is 0. The van der Waals surface area contributed by atoms with Crippen molar-refractivity contribution < 1.29 is 9.53 Å². The van der Waals surface area contributed by atoms with E-state index in [0.29, 0.717) is 0 Å². The summed E-state index contributed by atoms with van der Waals surface area (Å²) >= 11 is -0.352. The predicted molar refractivity (Wildman–Crippen MR) is 78.7 cm³/mol. The molecule has 0 radical (unpaired) electrons. The molecular weight excluding hydrogens is 248 g/mol. The van der Waals surface area contributed by atoms with Crippen LogP contribution < -0.4 is 10.0 Å². The van der Waals surface area contributed by atoms with Crippen molar-refractivity contribution in [2.24, 2.45) is 0 Å². The van der Waals surface area contributed by atoms with E-state index in [1.54, 1.807) is 0 Å². The lowest BCUT2D eigenvalue weighted by Gasteiger charge is -2.24. The number of nitrogens with one attached hydrogen (secondary N) is 2. The molecule has 1 aliphatic heterocycles. The maximum Gasteiger partial charge on any atom is 0.407 e. The van der Waals surface area contributed by atoms with Crippen LogP contribution in [0.15, 0.2) is 22.5 Å². The van der Waals surface area contributed by atoms with Gasteiger partial charge in [-0.25, -0.2) is 4.79 Å². The summed E-state index contributed by atoms with van der Waals surface area (Å²) in [7, 11) is 0. The number of hydrogen-bond acceptors (Lipinski definition) is 3. The highest BCUT2D eigenvalue weighted by Crippen LogP contribution is 2.36. The van der Waals surface area contributed by atoms with E-state index in [9.17, 15) is 4.79 Å².